The third-order valence-electron chi connectivity index (χ3n) is 2.69. The number of hydrogen-bond donors (Lipinski definition) is 5. The monoisotopic (exact) mass is 500 g/mol. The Morgan fingerprint density at radius 2 is 1.04 bits per heavy atom. The molecule has 168 valence electrons. The SMILES string of the molecule is O=S(=O)(O)OC[C@@H]1O[C@H](O)[C@H](OS(=O)(=O)O)[C@@H](OS(=O)(=O)O)[C@@H]1OS(=O)(=O)O. The van der Waals surface area contributed by atoms with Crippen molar-refractivity contribution >= 4 is 41.6 Å². The van der Waals surface area contributed by atoms with Crippen LogP contribution in [0.4, 0.5) is 0 Å². The summed E-state index contributed by atoms with van der Waals surface area (Å²) in [4.78, 5) is 0. The van der Waals surface area contributed by atoms with Crippen LogP contribution in [0.15, 0.2) is 0 Å². The maximum absolute atomic E-state index is 11.0. The van der Waals surface area contributed by atoms with Crippen LogP contribution in [0.3, 0.4) is 0 Å². The van der Waals surface area contributed by atoms with E-state index < -0.39 is 78.9 Å². The highest BCUT2D eigenvalue weighted by Crippen LogP contribution is 2.30. The van der Waals surface area contributed by atoms with E-state index in [4.69, 9.17) is 18.2 Å². The second kappa shape index (κ2) is 8.64. The minimum atomic E-state index is -5.58. The third-order valence-corrected chi connectivity index (χ3v) is 4.52. The van der Waals surface area contributed by atoms with Gasteiger partial charge in [0.25, 0.3) is 0 Å². The first kappa shape index (κ1) is 25.4. The smallest absolute Gasteiger partial charge is 0.366 e. The van der Waals surface area contributed by atoms with Gasteiger partial charge in [0, 0.05) is 0 Å². The zero-order valence-corrected chi connectivity index (χ0v) is 16.0. The van der Waals surface area contributed by atoms with Crippen LogP contribution in [0.1, 0.15) is 0 Å². The Bertz CT molecular complexity index is 959. The van der Waals surface area contributed by atoms with E-state index in [1.807, 2.05) is 0 Å². The molecule has 1 aliphatic heterocycles. The highest BCUT2D eigenvalue weighted by molar-refractivity contribution is 7.81. The van der Waals surface area contributed by atoms with Crippen LogP contribution in [0, 0.1) is 0 Å². The van der Waals surface area contributed by atoms with Crippen LogP contribution >= 0.6 is 0 Å². The molecule has 0 radical (unpaired) electrons. The summed E-state index contributed by atoms with van der Waals surface area (Å²) in [5, 5.41) is 9.70. The third kappa shape index (κ3) is 9.27. The molecule has 22 heteroatoms. The normalized spacial score (nSPS) is 30.2. The Kier molecular flexibility index (Phi) is 7.85. The molecule has 0 aromatic rings. The lowest BCUT2D eigenvalue weighted by Crippen LogP contribution is -2.62. The van der Waals surface area contributed by atoms with Crippen molar-refractivity contribution in [1.29, 1.82) is 0 Å². The fraction of sp³-hybridized carbons (Fsp3) is 1.00. The number of ether oxygens (including phenoxy) is 1. The van der Waals surface area contributed by atoms with Crippen molar-refractivity contribution in [1.82, 2.24) is 0 Å². The van der Waals surface area contributed by atoms with Crippen molar-refractivity contribution in [3.05, 3.63) is 0 Å². The fourth-order valence-electron chi connectivity index (χ4n) is 1.93. The topological polar surface area (TPSA) is 284 Å². The van der Waals surface area contributed by atoms with Gasteiger partial charge in [-0.2, -0.15) is 33.7 Å². The van der Waals surface area contributed by atoms with E-state index in [9.17, 15) is 38.8 Å². The van der Waals surface area contributed by atoms with E-state index in [2.05, 4.69) is 21.5 Å². The molecule has 0 saturated carbocycles. The molecule has 0 aromatic carbocycles. The molecule has 1 rings (SSSR count). The van der Waals surface area contributed by atoms with Gasteiger partial charge in [-0.1, -0.05) is 0 Å². The molecule has 5 N–H and O–H groups in total. The largest absolute Gasteiger partial charge is 0.397 e. The molecule has 0 amide bonds. The summed E-state index contributed by atoms with van der Waals surface area (Å²) in [6.07, 6.45) is -12.8. The molecule has 0 unspecified atom stereocenters. The lowest BCUT2D eigenvalue weighted by Gasteiger charge is -2.41. The van der Waals surface area contributed by atoms with E-state index in [0.29, 0.717) is 0 Å². The van der Waals surface area contributed by atoms with Crippen molar-refractivity contribution in [3.8, 4) is 0 Å². The minimum absolute atomic E-state index is 1.42. The summed E-state index contributed by atoms with van der Waals surface area (Å²) >= 11 is 0. The second-order valence-electron chi connectivity index (χ2n) is 4.74. The lowest BCUT2D eigenvalue weighted by atomic mass is 9.99. The molecule has 28 heavy (non-hydrogen) atoms. The summed E-state index contributed by atoms with van der Waals surface area (Å²) < 4.78 is 142. The summed E-state index contributed by atoms with van der Waals surface area (Å²) in [6.45, 7) is -1.42. The maximum Gasteiger partial charge on any atom is 0.397 e. The standard InChI is InChI=1S/C6H12O18S4/c7-6-5(24-28(17,18)19)4(23-27(14,15)16)3(22-26(11,12)13)2(21-6)1-20-25(8,9)10/h2-7H,1H2,(H,8,9,10)(H,11,12,13)(H,14,15,16)(H,17,18,19)/t2-,3+,4-,5+,6-/m0/s1. The van der Waals surface area contributed by atoms with Gasteiger partial charge in [0.2, 0.25) is 0 Å². The van der Waals surface area contributed by atoms with E-state index in [0.717, 1.165) is 0 Å². The number of rotatable bonds is 9. The van der Waals surface area contributed by atoms with Crippen LogP contribution in [0.5, 0.6) is 0 Å². The molecule has 1 fully saturated rings. The molecular formula is C6H12O18S4. The summed E-state index contributed by atoms with van der Waals surface area (Å²) in [5.74, 6) is 0. The Labute approximate surface area is 157 Å². The Balaban J connectivity index is 3.42. The van der Waals surface area contributed by atoms with Crippen molar-refractivity contribution < 1.29 is 78.5 Å². The zero-order chi connectivity index (χ0) is 22.1. The number of hydrogen-bond acceptors (Lipinski definition) is 14. The quantitative estimate of drug-likeness (QED) is 0.189. The van der Waals surface area contributed by atoms with E-state index in [1.54, 1.807) is 0 Å². The van der Waals surface area contributed by atoms with Crippen LogP contribution in [-0.4, -0.2) is 94.3 Å². The van der Waals surface area contributed by atoms with Crippen LogP contribution in [-0.2, 0) is 63.1 Å². The summed E-state index contributed by atoms with van der Waals surface area (Å²) in [7, 11) is -21.8. The fourth-order valence-corrected chi connectivity index (χ4v) is 3.74. The molecule has 0 bridgehead atoms. The first-order valence-electron chi connectivity index (χ1n) is 6.20. The predicted molar refractivity (Wildman–Crippen MR) is 77.6 cm³/mol. The molecule has 5 atom stereocenters. The van der Waals surface area contributed by atoms with Gasteiger partial charge >= 0.3 is 41.6 Å². The highest BCUT2D eigenvalue weighted by Gasteiger charge is 2.53. The van der Waals surface area contributed by atoms with Gasteiger partial charge in [-0.15, -0.1) is 0 Å². The predicted octanol–water partition coefficient (Wildman–Crippen LogP) is -3.91. The molecule has 18 nitrogen and oxygen atoms in total. The molecule has 0 aromatic heterocycles. The minimum Gasteiger partial charge on any atom is -0.366 e. The Hall–Kier alpha value is -0.600. The van der Waals surface area contributed by atoms with Gasteiger partial charge in [0.15, 0.2) is 12.4 Å². The second-order valence-corrected chi connectivity index (χ2v) is 8.98. The molecule has 1 heterocycles. The molecule has 1 saturated heterocycles. The van der Waals surface area contributed by atoms with Gasteiger partial charge in [-0.05, 0) is 0 Å². The van der Waals surface area contributed by atoms with Crippen molar-refractivity contribution in [3.63, 3.8) is 0 Å². The summed E-state index contributed by atoms with van der Waals surface area (Å²) in [6, 6.07) is 0. The Morgan fingerprint density at radius 3 is 1.43 bits per heavy atom. The zero-order valence-electron chi connectivity index (χ0n) is 12.8. The first-order valence-corrected chi connectivity index (χ1v) is 11.7. The maximum atomic E-state index is 11.0. The molecule has 1 aliphatic rings. The van der Waals surface area contributed by atoms with Gasteiger partial charge in [-0.25, -0.2) is 16.7 Å². The van der Waals surface area contributed by atoms with Gasteiger partial charge in [-0.3, -0.25) is 18.2 Å². The average Bonchev–Trinajstić information content (AvgIpc) is 2.39. The van der Waals surface area contributed by atoms with Crippen molar-refractivity contribution in [2.24, 2.45) is 0 Å². The molecule has 0 spiro atoms. The first-order chi connectivity index (χ1) is 12.3. The highest BCUT2D eigenvalue weighted by atomic mass is 32.3. The van der Waals surface area contributed by atoms with Crippen molar-refractivity contribution in [2.45, 2.75) is 30.7 Å². The van der Waals surface area contributed by atoms with Crippen LogP contribution in [0.25, 0.3) is 0 Å². The van der Waals surface area contributed by atoms with E-state index >= 15 is 0 Å². The molecule has 0 aliphatic carbocycles. The van der Waals surface area contributed by atoms with Gasteiger partial charge in [0.1, 0.15) is 18.3 Å². The molecular weight excluding hydrogens is 488 g/mol. The lowest BCUT2D eigenvalue weighted by molar-refractivity contribution is -0.270. The van der Waals surface area contributed by atoms with E-state index in [1.165, 1.54) is 0 Å². The van der Waals surface area contributed by atoms with Crippen LogP contribution < -0.4 is 0 Å². The van der Waals surface area contributed by atoms with Crippen LogP contribution in [0.2, 0.25) is 0 Å². The van der Waals surface area contributed by atoms with Gasteiger partial charge in [0.05, 0.1) is 6.61 Å². The summed E-state index contributed by atoms with van der Waals surface area (Å²) in [5.41, 5.74) is 0. The number of aliphatic hydroxyl groups excluding tert-OH is 1. The number of aliphatic hydroxyl groups is 1. The van der Waals surface area contributed by atoms with E-state index in [-0.39, 0.29) is 0 Å². The van der Waals surface area contributed by atoms with Crippen molar-refractivity contribution in [2.75, 3.05) is 6.61 Å². The average molecular weight is 500 g/mol. The Morgan fingerprint density at radius 1 is 0.643 bits per heavy atom. The van der Waals surface area contributed by atoms with Gasteiger partial charge < -0.3 is 9.84 Å².